The van der Waals surface area contributed by atoms with Crippen LogP contribution in [-0.2, 0) is 21.4 Å². The first-order valence-electron chi connectivity index (χ1n) is 7.79. The first kappa shape index (κ1) is 14.5. The van der Waals surface area contributed by atoms with E-state index in [1.165, 1.54) is 11.1 Å². The molecule has 3 rings (SSSR count). The number of rotatable bonds is 6. The number of ether oxygens (including phenoxy) is 1. The van der Waals surface area contributed by atoms with Gasteiger partial charge in [-0.3, -0.25) is 9.69 Å². The summed E-state index contributed by atoms with van der Waals surface area (Å²) in [6.45, 7) is 4.82. The third-order valence-corrected chi connectivity index (χ3v) is 4.73. The van der Waals surface area contributed by atoms with Gasteiger partial charge in [-0.2, -0.15) is 0 Å². The van der Waals surface area contributed by atoms with E-state index in [0.717, 1.165) is 52.1 Å². The van der Waals surface area contributed by atoms with Gasteiger partial charge in [-0.05, 0) is 30.4 Å². The zero-order valence-corrected chi connectivity index (χ0v) is 12.4. The van der Waals surface area contributed by atoms with Gasteiger partial charge >= 0.3 is 5.97 Å². The molecule has 4 heteroatoms. The van der Waals surface area contributed by atoms with Gasteiger partial charge in [-0.15, -0.1) is 0 Å². The lowest BCUT2D eigenvalue weighted by atomic mass is 9.91. The third kappa shape index (κ3) is 3.63. The lowest BCUT2D eigenvalue weighted by Gasteiger charge is -2.26. The molecule has 4 nitrogen and oxygen atoms in total. The zero-order valence-electron chi connectivity index (χ0n) is 12.4. The van der Waals surface area contributed by atoms with Crippen LogP contribution in [0.2, 0.25) is 0 Å². The largest absolute Gasteiger partial charge is 0.481 e. The highest BCUT2D eigenvalue weighted by Gasteiger charge is 2.45. The normalized spacial score (nSPS) is 21.1. The number of morpholine rings is 1. The van der Waals surface area contributed by atoms with Crippen LogP contribution >= 0.6 is 0 Å². The molecule has 0 unspecified atom stereocenters. The minimum absolute atomic E-state index is 0.0748. The highest BCUT2D eigenvalue weighted by molar-refractivity contribution is 5.70. The van der Waals surface area contributed by atoms with Gasteiger partial charge in [0.25, 0.3) is 0 Å². The number of nitrogens with zero attached hydrogens (tertiary/aromatic N) is 1. The van der Waals surface area contributed by atoms with Gasteiger partial charge in [-0.25, -0.2) is 0 Å². The summed E-state index contributed by atoms with van der Waals surface area (Å²) in [7, 11) is 0. The minimum Gasteiger partial charge on any atom is -0.481 e. The van der Waals surface area contributed by atoms with Crippen LogP contribution in [0.5, 0.6) is 0 Å². The molecule has 1 saturated heterocycles. The summed E-state index contributed by atoms with van der Waals surface area (Å²) in [4.78, 5) is 13.4. The fraction of sp³-hybridized carbons (Fsp3) is 0.588. The van der Waals surface area contributed by atoms with Gasteiger partial charge in [0, 0.05) is 25.0 Å². The van der Waals surface area contributed by atoms with Gasteiger partial charge in [-0.1, -0.05) is 24.3 Å². The van der Waals surface area contributed by atoms with Crippen molar-refractivity contribution in [3.8, 4) is 0 Å². The molecule has 1 saturated carbocycles. The summed E-state index contributed by atoms with van der Waals surface area (Å²) in [5.74, 6) is -0.691. The maximum atomic E-state index is 11.0. The standard InChI is InChI=1S/C17H23NO3/c19-16(20)13-17(6-7-17)15-3-1-14(2-4-15)5-8-18-9-11-21-12-10-18/h1-4H,5-13H2,(H,19,20). The van der Waals surface area contributed by atoms with Crippen LogP contribution in [0, 0.1) is 0 Å². The van der Waals surface area contributed by atoms with Gasteiger partial charge in [0.1, 0.15) is 0 Å². The number of hydrogen-bond acceptors (Lipinski definition) is 3. The van der Waals surface area contributed by atoms with Crippen molar-refractivity contribution in [1.29, 1.82) is 0 Å². The van der Waals surface area contributed by atoms with E-state index in [2.05, 4.69) is 29.2 Å². The third-order valence-electron chi connectivity index (χ3n) is 4.73. The highest BCUT2D eigenvalue weighted by atomic mass is 16.5. The Morgan fingerprint density at radius 2 is 1.86 bits per heavy atom. The van der Waals surface area contributed by atoms with Crippen LogP contribution in [0.4, 0.5) is 0 Å². The Balaban J connectivity index is 1.55. The Morgan fingerprint density at radius 3 is 2.43 bits per heavy atom. The van der Waals surface area contributed by atoms with Crippen molar-refractivity contribution >= 4 is 5.97 Å². The van der Waals surface area contributed by atoms with Gasteiger partial charge in [0.15, 0.2) is 0 Å². The van der Waals surface area contributed by atoms with E-state index in [1.54, 1.807) is 0 Å². The fourth-order valence-electron chi connectivity index (χ4n) is 3.14. The van der Waals surface area contributed by atoms with Crippen molar-refractivity contribution in [1.82, 2.24) is 4.90 Å². The minimum atomic E-state index is -0.691. The number of carboxylic acids is 1. The Morgan fingerprint density at radius 1 is 1.19 bits per heavy atom. The van der Waals surface area contributed by atoms with E-state index >= 15 is 0 Å². The molecule has 0 radical (unpaired) electrons. The number of aliphatic carboxylic acids is 1. The predicted molar refractivity (Wildman–Crippen MR) is 80.6 cm³/mol. The molecule has 1 aromatic carbocycles. The average Bonchev–Trinajstić information content (AvgIpc) is 3.27. The molecule has 0 spiro atoms. The first-order chi connectivity index (χ1) is 10.2. The van der Waals surface area contributed by atoms with E-state index in [1.807, 2.05) is 0 Å². The Labute approximate surface area is 125 Å². The molecule has 1 heterocycles. The smallest absolute Gasteiger partial charge is 0.304 e. The van der Waals surface area contributed by atoms with Crippen LogP contribution in [0.15, 0.2) is 24.3 Å². The van der Waals surface area contributed by atoms with Crippen LogP contribution in [0.25, 0.3) is 0 Å². The van der Waals surface area contributed by atoms with Crippen molar-refractivity contribution in [3.05, 3.63) is 35.4 Å². The van der Waals surface area contributed by atoms with Crippen LogP contribution < -0.4 is 0 Å². The quantitative estimate of drug-likeness (QED) is 0.871. The van der Waals surface area contributed by atoms with Crippen molar-refractivity contribution < 1.29 is 14.6 Å². The maximum Gasteiger partial charge on any atom is 0.304 e. The van der Waals surface area contributed by atoms with Gasteiger partial charge < -0.3 is 9.84 Å². The summed E-state index contributed by atoms with van der Waals surface area (Å²) < 4.78 is 5.35. The number of carboxylic acid groups (broad SMARTS) is 1. The maximum absolute atomic E-state index is 11.0. The summed E-state index contributed by atoms with van der Waals surface area (Å²) in [5, 5.41) is 9.02. The predicted octanol–water partition coefficient (Wildman–Crippen LogP) is 2.07. The molecule has 0 aromatic heterocycles. The van der Waals surface area contributed by atoms with Gasteiger partial charge in [0.2, 0.25) is 0 Å². The van der Waals surface area contributed by atoms with Gasteiger partial charge in [0.05, 0.1) is 19.6 Å². The zero-order chi connectivity index (χ0) is 14.7. The summed E-state index contributed by atoms with van der Waals surface area (Å²) in [5.41, 5.74) is 2.45. The van der Waals surface area contributed by atoms with Crippen LogP contribution in [0.3, 0.4) is 0 Å². The molecule has 0 atom stereocenters. The summed E-state index contributed by atoms with van der Waals surface area (Å²) in [6, 6.07) is 8.59. The second kappa shape index (κ2) is 6.16. The number of carbonyl (C=O) groups is 1. The molecule has 21 heavy (non-hydrogen) atoms. The van der Waals surface area contributed by atoms with Crippen molar-refractivity contribution in [2.45, 2.75) is 31.1 Å². The second-order valence-electron chi connectivity index (χ2n) is 6.25. The molecule has 2 fully saturated rings. The lowest BCUT2D eigenvalue weighted by Crippen LogP contribution is -2.37. The van der Waals surface area contributed by atoms with E-state index in [0.29, 0.717) is 0 Å². The Kier molecular flexibility index (Phi) is 4.27. The molecule has 1 aliphatic carbocycles. The van der Waals surface area contributed by atoms with Crippen molar-refractivity contribution in [2.75, 3.05) is 32.8 Å². The molecule has 1 aliphatic heterocycles. The monoisotopic (exact) mass is 289 g/mol. The lowest BCUT2D eigenvalue weighted by molar-refractivity contribution is -0.137. The van der Waals surface area contributed by atoms with E-state index in [-0.39, 0.29) is 11.8 Å². The topological polar surface area (TPSA) is 49.8 Å². The highest BCUT2D eigenvalue weighted by Crippen LogP contribution is 2.50. The molecule has 1 aromatic rings. The Bertz CT molecular complexity index is 487. The van der Waals surface area contributed by atoms with E-state index < -0.39 is 5.97 Å². The van der Waals surface area contributed by atoms with E-state index in [4.69, 9.17) is 9.84 Å². The molecule has 2 aliphatic rings. The summed E-state index contributed by atoms with van der Waals surface area (Å²) in [6.07, 6.45) is 3.32. The number of hydrogen-bond donors (Lipinski definition) is 1. The molecular weight excluding hydrogens is 266 g/mol. The molecule has 1 N–H and O–H groups in total. The van der Waals surface area contributed by atoms with Crippen molar-refractivity contribution in [2.24, 2.45) is 0 Å². The summed E-state index contributed by atoms with van der Waals surface area (Å²) >= 11 is 0. The Hall–Kier alpha value is -1.39. The first-order valence-corrected chi connectivity index (χ1v) is 7.79. The molecule has 0 bridgehead atoms. The second-order valence-corrected chi connectivity index (χ2v) is 6.25. The molecular formula is C17H23NO3. The molecule has 0 amide bonds. The van der Waals surface area contributed by atoms with Crippen LogP contribution in [0.1, 0.15) is 30.4 Å². The van der Waals surface area contributed by atoms with Crippen molar-refractivity contribution in [3.63, 3.8) is 0 Å². The van der Waals surface area contributed by atoms with E-state index in [9.17, 15) is 4.79 Å². The SMILES string of the molecule is O=C(O)CC1(c2ccc(CCN3CCOCC3)cc2)CC1. The number of benzene rings is 1. The average molecular weight is 289 g/mol. The molecule has 114 valence electrons. The fourth-order valence-corrected chi connectivity index (χ4v) is 3.14. The van der Waals surface area contributed by atoms with Crippen LogP contribution in [-0.4, -0.2) is 48.8 Å².